The maximum Gasteiger partial charge on any atom is 0.113 e. The smallest absolute Gasteiger partial charge is 0.113 e. The number of anilines is 3. The molecule has 22 heavy (non-hydrogen) atoms. The average Bonchev–Trinajstić information content (AvgIpc) is 2.94. The van der Waals surface area contributed by atoms with Gasteiger partial charge in [0.05, 0.1) is 19.4 Å². The van der Waals surface area contributed by atoms with E-state index in [2.05, 4.69) is 85.9 Å². The van der Waals surface area contributed by atoms with Crippen molar-refractivity contribution in [3.05, 3.63) is 48.0 Å². The molecule has 2 aromatic carbocycles. The molecule has 114 valence electrons. The summed E-state index contributed by atoms with van der Waals surface area (Å²) in [5, 5.41) is 1.57. The van der Waals surface area contributed by atoms with Crippen LogP contribution in [0.4, 0.5) is 17.1 Å². The van der Waals surface area contributed by atoms with Gasteiger partial charge in [-0.05, 0) is 23.8 Å². The molecule has 2 heterocycles. The van der Waals surface area contributed by atoms with Crippen LogP contribution in [0, 0.1) is 0 Å². The van der Waals surface area contributed by atoms with Crippen molar-refractivity contribution in [1.82, 2.24) is 0 Å². The molecule has 2 aromatic rings. The first-order chi connectivity index (χ1) is 10.4. The number of para-hydroxylation sites is 2. The lowest BCUT2D eigenvalue weighted by atomic mass is 10.0. The van der Waals surface area contributed by atoms with Gasteiger partial charge in [0.1, 0.15) is 6.17 Å². The zero-order chi connectivity index (χ0) is 15.6. The van der Waals surface area contributed by atoms with Gasteiger partial charge in [-0.15, -0.1) is 0 Å². The average molecular weight is 309 g/mol. The fraction of sp³-hybridized carbons (Fsp3) is 0.368. The molecule has 2 atom stereocenters. The van der Waals surface area contributed by atoms with Crippen LogP contribution in [0.25, 0.3) is 0 Å². The van der Waals surface area contributed by atoms with Crippen LogP contribution < -0.4 is 15.0 Å². The second-order valence-corrected chi connectivity index (χ2v) is 12.8. The molecule has 2 aliphatic heterocycles. The Morgan fingerprint density at radius 1 is 0.909 bits per heavy atom. The molecule has 0 bridgehead atoms. The Kier molecular flexibility index (Phi) is 2.77. The van der Waals surface area contributed by atoms with Gasteiger partial charge in [-0.2, -0.15) is 0 Å². The summed E-state index contributed by atoms with van der Waals surface area (Å²) in [7, 11) is 0.965. The van der Waals surface area contributed by atoms with E-state index in [0.717, 1.165) is 0 Å². The lowest BCUT2D eigenvalue weighted by Crippen LogP contribution is -2.38. The van der Waals surface area contributed by atoms with Crippen LogP contribution in [0.1, 0.15) is 18.4 Å². The number of fused-ring (bicyclic) bond motifs is 5. The van der Waals surface area contributed by atoms with Crippen LogP contribution in [-0.2, 0) is 0 Å². The molecule has 0 aliphatic carbocycles. The molecular formula is C19H24N2Si. The van der Waals surface area contributed by atoms with Gasteiger partial charge in [0.25, 0.3) is 0 Å². The predicted octanol–water partition coefficient (Wildman–Crippen LogP) is 4.26. The van der Waals surface area contributed by atoms with E-state index < -0.39 is 8.07 Å². The molecule has 3 heteroatoms. The van der Waals surface area contributed by atoms with Crippen LogP contribution in [0.2, 0.25) is 19.6 Å². The highest BCUT2D eigenvalue weighted by Crippen LogP contribution is 2.53. The number of rotatable bonds is 1. The first-order valence-electron chi connectivity index (χ1n) is 8.15. The highest BCUT2D eigenvalue weighted by atomic mass is 28.3. The molecule has 4 rings (SSSR count). The van der Waals surface area contributed by atoms with Crippen LogP contribution in [0.15, 0.2) is 42.5 Å². The summed E-state index contributed by atoms with van der Waals surface area (Å²) in [5.41, 5.74) is 5.61. The van der Waals surface area contributed by atoms with E-state index in [1.54, 1.807) is 5.19 Å². The van der Waals surface area contributed by atoms with Crippen molar-refractivity contribution in [2.75, 3.05) is 16.8 Å². The van der Waals surface area contributed by atoms with Crippen molar-refractivity contribution < 1.29 is 0 Å². The van der Waals surface area contributed by atoms with Gasteiger partial charge in [-0.1, -0.05) is 56.0 Å². The molecule has 0 radical (unpaired) electrons. The maximum absolute atomic E-state index is 2.53. The van der Waals surface area contributed by atoms with Crippen molar-refractivity contribution in [3.63, 3.8) is 0 Å². The van der Waals surface area contributed by atoms with E-state index >= 15 is 0 Å². The van der Waals surface area contributed by atoms with Crippen molar-refractivity contribution in [2.24, 2.45) is 0 Å². The summed E-state index contributed by atoms with van der Waals surface area (Å²) >= 11 is 0. The standard InChI is InChI=1S/C19H24N2Si/c1-13-15-12-14(22(3,4)5)10-11-16(15)21-18-9-7-6-8-17(18)20(2)19(13)21/h6-13,19H,1-5H3. The normalized spacial score (nSPS) is 22.6. The van der Waals surface area contributed by atoms with Gasteiger partial charge in [0.15, 0.2) is 0 Å². The highest BCUT2D eigenvalue weighted by molar-refractivity contribution is 6.88. The fourth-order valence-corrected chi connectivity index (χ4v) is 5.19. The van der Waals surface area contributed by atoms with E-state index in [9.17, 15) is 0 Å². The fourth-order valence-electron chi connectivity index (χ4n) is 4.02. The summed E-state index contributed by atoms with van der Waals surface area (Å²) in [6.45, 7) is 9.66. The van der Waals surface area contributed by atoms with Crippen LogP contribution in [0.3, 0.4) is 0 Å². The molecule has 2 unspecified atom stereocenters. The summed E-state index contributed by atoms with van der Waals surface area (Å²) in [6.07, 6.45) is 0.421. The first kappa shape index (κ1) is 13.9. The minimum Gasteiger partial charge on any atom is -0.352 e. The van der Waals surface area contributed by atoms with E-state index in [4.69, 9.17) is 0 Å². The van der Waals surface area contributed by atoms with E-state index in [0.29, 0.717) is 12.1 Å². The Morgan fingerprint density at radius 2 is 1.59 bits per heavy atom. The number of nitrogens with zero attached hydrogens (tertiary/aromatic N) is 2. The van der Waals surface area contributed by atoms with E-state index in [1.807, 2.05) is 0 Å². The largest absolute Gasteiger partial charge is 0.352 e. The van der Waals surface area contributed by atoms with E-state index in [-0.39, 0.29) is 0 Å². The molecule has 0 N–H and O–H groups in total. The SMILES string of the molecule is CC1c2cc([Si](C)(C)C)ccc2N2c3ccccc3N(C)C12. The molecule has 2 aliphatic rings. The van der Waals surface area contributed by atoms with Crippen molar-refractivity contribution >= 4 is 30.3 Å². The second kappa shape index (κ2) is 4.39. The first-order valence-corrected chi connectivity index (χ1v) is 11.6. The predicted molar refractivity (Wildman–Crippen MR) is 98.6 cm³/mol. The Bertz CT molecular complexity index is 747. The van der Waals surface area contributed by atoms with Crippen molar-refractivity contribution in [1.29, 1.82) is 0 Å². The molecule has 0 spiro atoms. The summed E-state index contributed by atoms with van der Waals surface area (Å²) in [4.78, 5) is 4.97. The molecule has 0 saturated carbocycles. The van der Waals surface area contributed by atoms with Crippen LogP contribution in [0.5, 0.6) is 0 Å². The third-order valence-electron chi connectivity index (χ3n) is 5.27. The highest BCUT2D eigenvalue weighted by Gasteiger charge is 2.45. The summed E-state index contributed by atoms with van der Waals surface area (Å²) in [6, 6.07) is 16.0. The molecule has 0 fully saturated rings. The van der Waals surface area contributed by atoms with Gasteiger partial charge in [0.2, 0.25) is 0 Å². The van der Waals surface area contributed by atoms with Gasteiger partial charge in [-0.25, -0.2) is 0 Å². The molecule has 0 amide bonds. The van der Waals surface area contributed by atoms with Gasteiger partial charge >= 0.3 is 0 Å². The van der Waals surface area contributed by atoms with Crippen LogP contribution >= 0.6 is 0 Å². The topological polar surface area (TPSA) is 6.48 Å². The monoisotopic (exact) mass is 308 g/mol. The third kappa shape index (κ3) is 1.72. The number of hydrogen-bond acceptors (Lipinski definition) is 2. The molecule has 0 saturated heterocycles. The number of likely N-dealkylation sites (N-methyl/N-ethyl adjacent to an activating group) is 1. The van der Waals surface area contributed by atoms with Gasteiger partial charge < -0.3 is 9.80 Å². The zero-order valence-electron chi connectivity index (χ0n) is 14.1. The van der Waals surface area contributed by atoms with Crippen LogP contribution in [-0.4, -0.2) is 21.3 Å². The van der Waals surface area contributed by atoms with Crippen molar-refractivity contribution in [3.8, 4) is 0 Å². The summed E-state index contributed by atoms with van der Waals surface area (Å²) < 4.78 is 0. The van der Waals surface area contributed by atoms with Crippen molar-refractivity contribution in [2.45, 2.75) is 38.6 Å². The third-order valence-corrected chi connectivity index (χ3v) is 7.32. The minimum atomic E-state index is -1.26. The number of benzene rings is 2. The van der Waals surface area contributed by atoms with E-state index in [1.165, 1.54) is 22.6 Å². The van der Waals surface area contributed by atoms with Gasteiger partial charge in [-0.3, -0.25) is 0 Å². The Labute approximate surface area is 134 Å². The zero-order valence-corrected chi connectivity index (χ0v) is 15.1. The lowest BCUT2D eigenvalue weighted by Gasteiger charge is -2.27. The second-order valence-electron chi connectivity index (χ2n) is 7.70. The Hall–Kier alpha value is -1.74. The molecular weight excluding hydrogens is 284 g/mol. The number of hydrogen-bond donors (Lipinski definition) is 0. The lowest BCUT2D eigenvalue weighted by molar-refractivity contribution is 0.605. The molecule has 0 aromatic heterocycles. The minimum absolute atomic E-state index is 0.421. The molecule has 2 nitrogen and oxygen atoms in total. The summed E-state index contributed by atoms with van der Waals surface area (Å²) in [5.74, 6) is 0.531. The maximum atomic E-state index is 2.53. The Balaban J connectivity index is 1.89. The van der Waals surface area contributed by atoms with Gasteiger partial charge in [0, 0.05) is 18.7 Å². The Morgan fingerprint density at radius 3 is 2.27 bits per heavy atom. The quantitative estimate of drug-likeness (QED) is 0.726.